The average molecular weight is 421 g/mol. The van der Waals surface area contributed by atoms with Crippen LogP contribution in [0.25, 0.3) is 0 Å². The van der Waals surface area contributed by atoms with E-state index in [0.717, 1.165) is 42.3 Å². The van der Waals surface area contributed by atoms with Gasteiger partial charge in [-0.15, -0.1) is 0 Å². The topological polar surface area (TPSA) is 38.5 Å². The van der Waals surface area contributed by atoms with Gasteiger partial charge in [0.2, 0.25) is 0 Å². The summed E-state index contributed by atoms with van der Waals surface area (Å²) in [6.07, 6.45) is 12.5. The Morgan fingerprint density at radius 3 is 1.90 bits per heavy atom. The second-order valence-electron chi connectivity index (χ2n) is 9.88. The number of rotatable bonds is 9. The highest BCUT2D eigenvalue weighted by Gasteiger charge is 2.24. The van der Waals surface area contributed by atoms with E-state index in [1.165, 1.54) is 76.4 Å². The lowest BCUT2D eigenvalue weighted by Crippen LogP contribution is -2.36. The molecule has 2 saturated carbocycles. The van der Waals surface area contributed by atoms with Crippen molar-refractivity contribution in [3.05, 3.63) is 60.2 Å². The molecule has 2 aromatic rings. The van der Waals surface area contributed by atoms with Crippen molar-refractivity contribution < 1.29 is 4.74 Å². The maximum absolute atomic E-state index is 5.98. The Labute approximate surface area is 189 Å². The van der Waals surface area contributed by atoms with Gasteiger partial charge in [0.1, 0.15) is 11.5 Å². The molecule has 0 amide bonds. The number of nitrogens with two attached hydrogens (primary N) is 1. The Morgan fingerprint density at radius 1 is 0.677 bits per heavy atom. The molecule has 0 saturated heterocycles. The molecule has 2 aliphatic rings. The molecule has 2 fully saturated rings. The van der Waals surface area contributed by atoms with E-state index in [9.17, 15) is 0 Å². The van der Waals surface area contributed by atoms with Crippen LogP contribution in [-0.4, -0.2) is 24.5 Å². The van der Waals surface area contributed by atoms with Crippen LogP contribution in [0, 0.1) is 17.8 Å². The van der Waals surface area contributed by atoms with E-state index in [2.05, 4.69) is 29.2 Å². The van der Waals surface area contributed by atoms with E-state index in [1.807, 2.05) is 30.3 Å². The third-order valence-electron chi connectivity index (χ3n) is 7.37. The van der Waals surface area contributed by atoms with Crippen LogP contribution in [0.2, 0.25) is 0 Å². The summed E-state index contributed by atoms with van der Waals surface area (Å²) in [6, 6.07) is 18.8. The number of para-hydroxylation sites is 1. The minimum Gasteiger partial charge on any atom is -0.457 e. The largest absolute Gasteiger partial charge is 0.457 e. The second kappa shape index (κ2) is 11.7. The normalized spacial score (nSPS) is 22.5. The van der Waals surface area contributed by atoms with E-state index in [0.29, 0.717) is 0 Å². The average Bonchev–Trinajstić information content (AvgIpc) is 2.82. The highest BCUT2D eigenvalue weighted by atomic mass is 16.5. The highest BCUT2D eigenvalue weighted by Crippen LogP contribution is 2.31. The molecule has 4 rings (SSSR count). The zero-order valence-corrected chi connectivity index (χ0v) is 19.1. The minimum atomic E-state index is 0.764. The van der Waals surface area contributed by atoms with E-state index in [1.54, 1.807) is 0 Å². The molecular formula is C28H40N2O. The first-order valence-corrected chi connectivity index (χ1v) is 12.5. The lowest BCUT2D eigenvalue weighted by atomic mass is 9.81. The third-order valence-corrected chi connectivity index (χ3v) is 7.37. The summed E-state index contributed by atoms with van der Waals surface area (Å²) in [5.41, 5.74) is 7.31. The predicted molar refractivity (Wildman–Crippen MR) is 129 cm³/mol. The van der Waals surface area contributed by atoms with Crippen molar-refractivity contribution in [2.45, 2.75) is 64.3 Å². The fourth-order valence-electron chi connectivity index (χ4n) is 5.50. The van der Waals surface area contributed by atoms with Crippen LogP contribution < -0.4 is 10.5 Å². The summed E-state index contributed by atoms with van der Waals surface area (Å²) < 4.78 is 5.98. The molecule has 0 atom stereocenters. The molecule has 3 nitrogen and oxygen atoms in total. The first-order chi connectivity index (χ1) is 15.3. The maximum atomic E-state index is 5.98. The van der Waals surface area contributed by atoms with Gasteiger partial charge in [-0.05, 0) is 92.7 Å². The lowest BCUT2D eigenvalue weighted by Gasteiger charge is -2.35. The first kappa shape index (κ1) is 22.4. The molecule has 3 heteroatoms. The van der Waals surface area contributed by atoms with Crippen molar-refractivity contribution in [2.24, 2.45) is 23.5 Å². The maximum Gasteiger partial charge on any atom is 0.127 e. The van der Waals surface area contributed by atoms with Crippen LogP contribution >= 0.6 is 0 Å². The number of ether oxygens (including phenoxy) is 1. The molecule has 2 aromatic carbocycles. The standard InChI is InChI=1S/C28H40N2O/c29-19-23-11-13-25(14-12-23)21-30(20-24-7-3-1-4-8-24)22-26-15-17-28(18-16-26)31-27-9-5-2-6-10-27/h2,5-6,9-10,15-18,23-25H,1,3-4,7-8,11-14,19-22,29H2. The van der Waals surface area contributed by atoms with Gasteiger partial charge in [0, 0.05) is 19.6 Å². The van der Waals surface area contributed by atoms with Crippen LogP contribution in [0.4, 0.5) is 0 Å². The molecule has 0 heterocycles. The zero-order chi connectivity index (χ0) is 21.3. The van der Waals surface area contributed by atoms with Crippen molar-refractivity contribution in [1.29, 1.82) is 0 Å². The van der Waals surface area contributed by atoms with Crippen LogP contribution in [0.3, 0.4) is 0 Å². The third kappa shape index (κ3) is 7.08. The van der Waals surface area contributed by atoms with Gasteiger partial charge in [0.25, 0.3) is 0 Å². The lowest BCUT2D eigenvalue weighted by molar-refractivity contribution is 0.143. The molecule has 0 aliphatic heterocycles. The van der Waals surface area contributed by atoms with E-state index < -0.39 is 0 Å². The number of hydrogen-bond donors (Lipinski definition) is 1. The molecule has 0 spiro atoms. The predicted octanol–water partition coefficient (Wildman–Crippen LogP) is 6.63. The van der Waals surface area contributed by atoms with Crippen molar-refractivity contribution in [2.75, 3.05) is 19.6 Å². The summed E-state index contributed by atoms with van der Waals surface area (Å²) in [7, 11) is 0. The van der Waals surface area contributed by atoms with Crippen LogP contribution in [0.5, 0.6) is 11.5 Å². The van der Waals surface area contributed by atoms with Gasteiger partial charge in [-0.25, -0.2) is 0 Å². The van der Waals surface area contributed by atoms with E-state index in [4.69, 9.17) is 10.5 Å². The number of hydrogen-bond acceptors (Lipinski definition) is 3. The van der Waals surface area contributed by atoms with Crippen molar-refractivity contribution in [3.63, 3.8) is 0 Å². The smallest absolute Gasteiger partial charge is 0.127 e. The second-order valence-corrected chi connectivity index (χ2v) is 9.88. The first-order valence-electron chi connectivity index (χ1n) is 12.5. The van der Waals surface area contributed by atoms with E-state index >= 15 is 0 Å². The molecular weight excluding hydrogens is 380 g/mol. The van der Waals surface area contributed by atoms with Gasteiger partial charge >= 0.3 is 0 Å². The Bertz CT molecular complexity index is 746. The van der Waals surface area contributed by atoms with Gasteiger partial charge in [-0.1, -0.05) is 49.6 Å². The van der Waals surface area contributed by atoms with Crippen molar-refractivity contribution >= 4 is 0 Å². The summed E-state index contributed by atoms with van der Waals surface area (Å²) in [6.45, 7) is 4.43. The molecule has 0 bridgehead atoms. The zero-order valence-electron chi connectivity index (χ0n) is 19.1. The van der Waals surface area contributed by atoms with Crippen molar-refractivity contribution in [3.8, 4) is 11.5 Å². The molecule has 0 aromatic heterocycles. The molecule has 2 N–H and O–H groups in total. The number of benzene rings is 2. The minimum absolute atomic E-state index is 0.764. The van der Waals surface area contributed by atoms with Gasteiger partial charge in [0.05, 0.1) is 0 Å². The van der Waals surface area contributed by atoms with Gasteiger partial charge in [-0.2, -0.15) is 0 Å². The summed E-state index contributed by atoms with van der Waals surface area (Å²) in [5, 5.41) is 0. The summed E-state index contributed by atoms with van der Waals surface area (Å²) in [4.78, 5) is 2.76. The van der Waals surface area contributed by atoms with E-state index in [-0.39, 0.29) is 0 Å². The van der Waals surface area contributed by atoms with Crippen LogP contribution in [0.1, 0.15) is 63.4 Å². The molecule has 0 unspecified atom stereocenters. The highest BCUT2D eigenvalue weighted by molar-refractivity contribution is 5.32. The number of nitrogens with zero attached hydrogens (tertiary/aromatic N) is 1. The monoisotopic (exact) mass is 420 g/mol. The SMILES string of the molecule is NCC1CCC(CN(Cc2ccc(Oc3ccccc3)cc2)CC2CCCCC2)CC1. The van der Waals surface area contributed by atoms with Crippen molar-refractivity contribution in [1.82, 2.24) is 4.90 Å². The molecule has 2 aliphatic carbocycles. The Kier molecular flexibility index (Phi) is 8.43. The van der Waals surface area contributed by atoms with Gasteiger partial charge in [-0.3, -0.25) is 4.90 Å². The van der Waals surface area contributed by atoms with Crippen LogP contribution in [-0.2, 0) is 6.54 Å². The fourth-order valence-corrected chi connectivity index (χ4v) is 5.50. The van der Waals surface area contributed by atoms with Gasteiger partial charge in [0.15, 0.2) is 0 Å². The quantitative estimate of drug-likeness (QED) is 0.495. The fraction of sp³-hybridized carbons (Fsp3) is 0.571. The molecule has 168 valence electrons. The molecule has 31 heavy (non-hydrogen) atoms. The summed E-state index contributed by atoms with van der Waals surface area (Å²) >= 11 is 0. The Balaban J connectivity index is 1.36. The Morgan fingerprint density at radius 2 is 1.26 bits per heavy atom. The summed E-state index contributed by atoms with van der Waals surface area (Å²) in [5.74, 6) is 4.29. The Hall–Kier alpha value is -1.84. The molecule has 0 radical (unpaired) electrons. The van der Waals surface area contributed by atoms with Crippen LogP contribution in [0.15, 0.2) is 54.6 Å². The van der Waals surface area contributed by atoms with Gasteiger partial charge < -0.3 is 10.5 Å².